The highest BCUT2D eigenvalue weighted by Gasteiger charge is 2.28. The molecule has 0 radical (unpaired) electrons. The highest BCUT2D eigenvalue weighted by Crippen LogP contribution is 2.29. The summed E-state index contributed by atoms with van der Waals surface area (Å²) < 4.78 is 5.89. The Hall–Kier alpha value is -2.49. The van der Waals surface area contributed by atoms with Crippen molar-refractivity contribution < 1.29 is 9.53 Å². The van der Waals surface area contributed by atoms with Crippen LogP contribution in [-0.4, -0.2) is 18.1 Å². The molecule has 1 aliphatic heterocycles. The van der Waals surface area contributed by atoms with Crippen LogP contribution in [0.2, 0.25) is 0 Å². The second-order valence-electron chi connectivity index (χ2n) is 5.35. The third-order valence-electron chi connectivity index (χ3n) is 3.76. The molecule has 2 aromatic carbocycles. The van der Waals surface area contributed by atoms with Gasteiger partial charge in [-0.15, -0.1) is 0 Å². The summed E-state index contributed by atoms with van der Waals surface area (Å²) in [4.78, 5) is 12.2. The first kappa shape index (κ1) is 13.5. The Labute approximate surface area is 123 Å². The number of fused-ring (bicyclic) bond motifs is 1. The summed E-state index contributed by atoms with van der Waals surface area (Å²) in [6.07, 6.45) is 0.791. The normalized spacial score (nSPS) is 17.7. The molecule has 0 aromatic heterocycles. The summed E-state index contributed by atoms with van der Waals surface area (Å²) in [5, 5.41) is 2.99. The van der Waals surface area contributed by atoms with E-state index < -0.39 is 0 Å². The lowest BCUT2D eigenvalue weighted by Gasteiger charge is -2.20. The maximum atomic E-state index is 12.2. The van der Waals surface area contributed by atoms with E-state index in [9.17, 15) is 4.79 Å². The second-order valence-corrected chi connectivity index (χ2v) is 5.35. The highest BCUT2D eigenvalue weighted by molar-refractivity contribution is 5.94. The molecule has 4 heteroatoms. The monoisotopic (exact) mass is 282 g/mol. The SMILES string of the molecule is CC(NC(=O)c1ccc(N)cc1)C1Cc2ccccc2O1. The van der Waals surface area contributed by atoms with Gasteiger partial charge in [-0.05, 0) is 42.8 Å². The van der Waals surface area contributed by atoms with Gasteiger partial charge in [0.15, 0.2) is 0 Å². The van der Waals surface area contributed by atoms with Crippen LogP contribution in [0.15, 0.2) is 48.5 Å². The van der Waals surface area contributed by atoms with Crippen LogP contribution in [0, 0.1) is 0 Å². The number of carbonyl (C=O) groups is 1. The number of benzene rings is 2. The van der Waals surface area contributed by atoms with Crippen molar-refractivity contribution >= 4 is 11.6 Å². The summed E-state index contributed by atoms with van der Waals surface area (Å²) in [6.45, 7) is 1.96. The molecule has 21 heavy (non-hydrogen) atoms. The Balaban J connectivity index is 1.64. The van der Waals surface area contributed by atoms with Crippen LogP contribution in [-0.2, 0) is 6.42 Å². The quantitative estimate of drug-likeness (QED) is 0.850. The third-order valence-corrected chi connectivity index (χ3v) is 3.76. The molecular weight excluding hydrogens is 264 g/mol. The van der Waals surface area contributed by atoms with E-state index in [0.717, 1.165) is 12.2 Å². The Morgan fingerprint density at radius 1 is 1.24 bits per heavy atom. The molecule has 1 aliphatic rings. The number of amides is 1. The van der Waals surface area contributed by atoms with Crippen LogP contribution in [0.4, 0.5) is 5.69 Å². The van der Waals surface area contributed by atoms with Crippen LogP contribution in [0.1, 0.15) is 22.8 Å². The standard InChI is InChI=1S/C17H18N2O2/c1-11(16-10-13-4-2-3-5-15(13)21-16)19-17(20)12-6-8-14(18)9-7-12/h2-9,11,16H,10,18H2,1H3,(H,19,20). The smallest absolute Gasteiger partial charge is 0.251 e. The van der Waals surface area contributed by atoms with Gasteiger partial charge in [0, 0.05) is 17.7 Å². The fraction of sp³-hybridized carbons (Fsp3) is 0.235. The summed E-state index contributed by atoms with van der Waals surface area (Å²) in [6, 6.07) is 14.8. The Morgan fingerprint density at radius 2 is 1.95 bits per heavy atom. The molecule has 0 aliphatic carbocycles. The van der Waals surface area contributed by atoms with Gasteiger partial charge in [0.25, 0.3) is 5.91 Å². The van der Waals surface area contributed by atoms with Gasteiger partial charge >= 0.3 is 0 Å². The molecule has 0 saturated heterocycles. The molecule has 3 rings (SSSR count). The minimum absolute atomic E-state index is 0.0277. The Morgan fingerprint density at radius 3 is 2.67 bits per heavy atom. The summed E-state index contributed by atoms with van der Waals surface area (Å²) in [5.74, 6) is 0.804. The van der Waals surface area contributed by atoms with Gasteiger partial charge in [-0.25, -0.2) is 0 Å². The zero-order valence-electron chi connectivity index (χ0n) is 11.9. The minimum Gasteiger partial charge on any atom is -0.488 e. The number of carbonyl (C=O) groups excluding carboxylic acids is 1. The maximum Gasteiger partial charge on any atom is 0.251 e. The van der Waals surface area contributed by atoms with Crippen molar-refractivity contribution in [3.05, 3.63) is 59.7 Å². The fourth-order valence-corrected chi connectivity index (χ4v) is 2.51. The van der Waals surface area contributed by atoms with Crippen LogP contribution >= 0.6 is 0 Å². The summed E-state index contributed by atoms with van der Waals surface area (Å²) >= 11 is 0. The number of para-hydroxylation sites is 1. The third kappa shape index (κ3) is 2.84. The van der Waals surface area contributed by atoms with E-state index in [0.29, 0.717) is 11.3 Å². The van der Waals surface area contributed by atoms with Crippen LogP contribution < -0.4 is 15.8 Å². The van der Waals surface area contributed by atoms with Gasteiger partial charge in [0.1, 0.15) is 11.9 Å². The van der Waals surface area contributed by atoms with E-state index >= 15 is 0 Å². The summed E-state index contributed by atoms with van der Waals surface area (Å²) in [7, 11) is 0. The molecule has 3 N–H and O–H groups in total. The van der Waals surface area contributed by atoms with Crippen LogP contribution in [0.25, 0.3) is 0 Å². The van der Waals surface area contributed by atoms with Crippen molar-refractivity contribution in [2.45, 2.75) is 25.5 Å². The molecule has 0 saturated carbocycles. The minimum atomic E-state index is -0.109. The molecule has 2 atom stereocenters. The average molecular weight is 282 g/mol. The fourth-order valence-electron chi connectivity index (χ4n) is 2.51. The van der Waals surface area contributed by atoms with E-state index in [1.165, 1.54) is 5.56 Å². The van der Waals surface area contributed by atoms with E-state index in [4.69, 9.17) is 10.5 Å². The Kier molecular flexibility index (Phi) is 3.52. The number of hydrogen-bond donors (Lipinski definition) is 2. The predicted octanol–water partition coefficient (Wildman–Crippen LogP) is 2.39. The number of nitrogen functional groups attached to an aromatic ring is 1. The molecule has 1 amide bonds. The number of nitrogens with one attached hydrogen (secondary N) is 1. The van der Waals surface area contributed by atoms with Crippen molar-refractivity contribution in [3.8, 4) is 5.75 Å². The van der Waals surface area contributed by atoms with Crippen LogP contribution in [0.5, 0.6) is 5.75 Å². The lowest BCUT2D eigenvalue weighted by atomic mass is 10.1. The number of nitrogens with two attached hydrogens (primary N) is 1. The highest BCUT2D eigenvalue weighted by atomic mass is 16.5. The number of anilines is 1. The van der Waals surface area contributed by atoms with E-state index in [2.05, 4.69) is 11.4 Å². The maximum absolute atomic E-state index is 12.2. The van der Waals surface area contributed by atoms with Crippen molar-refractivity contribution in [1.82, 2.24) is 5.32 Å². The van der Waals surface area contributed by atoms with Crippen LogP contribution in [0.3, 0.4) is 0 Å². The topological polar surface area (TPSA) is 64.4 Å². The predicted molar refractivity (Wildman–Crippen MR) is 82.3 cm³/mol. The van der Waals surface area contributed by atoms with Crippen molar-refractivity contribution in [2.75, 3.05) is 5.73 Å². The number of hydrogen-bond acceptors (Lipinski definition) is 3. The van der Waals surface area contributed by atoms with Gasteiger partial charge in [0.2, 0.25) is 0 Å². The molecule has 4 nitrogen and oxygen atoms in total. The molecule has 108 valence electrons. The van der Waals surface area contributed by atoms with Gasteiger partial charge < -0.3 is 15.8 Å². The zero-order chi connectivity index (χ0) is 14.8. The molecule has 2 unspecified atom stereocenters. The largest absolute Gasteiger partial charge is 0.488 e. The van der Waals surface area contributed by atoms with Crippen molar-refractivity contribution in [1.29, 1.82) is 0 Å². The van der Waals surface area contributed by atoms with Gasteiger partial charge in [-0.3, -0.25) is 4.79 Å². The van der Waals surface area contributed by atoms with E-state index in [-0.39, 0.29) is 18.1 Å². The lowest BCUT2D eigenvalue weighted by Crippen LogP contribution is -2.43. The molecule has 0 bridgehead atoms. The van der Waals surface area contributed by atoms with Gasteiger partial charge in [-0.2, -0.15) is 0 Å². The number of rotatable bonds is 3. The van der Waals surface area contributed by atoms with E-state index in [1.54, 1.807) is 24.3 Å². The van der Waals surface area contributed by atoms with Gasteiger partial charge in [0.05, 0.1) is 6.04 Å². The van der Waals surface area contributed by atoms with Gasteiger partial charge in [-0.1, -0.05) is 18.2 Å². The first-order valence-corrected chi connectivity index (χ1v) is 7.04. The first-order valence-electron chi connectivity index (χ1n) is 7.04. The molecule has 0 fully saturated rings. The van der Waals surface area contributed by atoms with Crippen molar-refractivity contribution in [2.24, 2.45) is 0 Å². The second kappa shape index (κ2) is 5.48. The summed E-state index contributed by atoms with van der Waals surface area (Å²) in [5.41, 5.74) is 8.07. The molecule has 2 aromatic rings. The van der Waals surface area contributed by atoms with Crippen molar-refractivity contribution in [3.63, 3.8) is 0 Å². The molecular formula is C17H18N2O2. The average Bonchev–Trinajstić information content (AvgIpc) is 2.92. The zero-order valence-corrected chi connectivity index (χ0v) is 11.9. The number of ether oxygens (including phenoxy) is 1. The van der Waals surface area contributed by atoms with E-state index in [1.807, 2.05) is 25.1 Å². The Bertz CT molecular complexity index is 627. The molecule has 0 spiro atoms. The lowest BCUT2D eigenvalue weighted by molar-refractivity contribution is 0.0897. The first-order chi connectivity index (χ1) is 10.1. The molecule has 1 heterocycles.